The maximum Gasteiger partial charge on any atom is 0.0554 e. The topological polar surface area (TPSA) is 21.3 Å². The third kappa shape index (κ3) is 2.29. The molecule has 0 aromatic heterocycles. The minimum Gasteiger partial charge on any atom is -0.380 e. The smallest absolute Gasteiger partial charge is 0.0554 e. The highest BCUT2D eigenvalue weighted by Crippen LogP contribution is 2.28. The highest BCUT2D eigenvalue weighted by molar-refractivity contribution is 4.86. The predicted octanol–water partition coefficient (Wildman–Crippen LogP) is 2.19. The maximum atomic E-state index is 5.26. The lowest BCUT2D eigenvalue weighted by molar-refractivity contribution is -0.101. The lowest BCUT2D eigenvalue weighted by Crippen LogP contribution is -2.51. The van der Waals surface area contributed by atoms with Gasteiger partial charge in [-0.05, 0) is 18.8 Å². The van der Waals surface area contributed by atoms with Gasteiger partial charge in [-0.15, -0.1) is 0 Å². The number of rotatable bonds is 3. The molecule has 1 N–H and O–H groups in total. The molecule has 1 saturated heterocycles. The van der Waals surface area contributed by atoms with Gasteiger partial charge in [-0.3, -0.25) is 0 Å². The van der Waals surface area contributed by atoms with Crippen LogP contribution in [-0.2, 0) is 4.74 Å². The Labute approximate surface area is 87.4 Å². The highest BCUT2D eigenvalue weighted by Gasteiger charge is 2.34. The van der Waals surface area contributed by atoms with Crippen LogP contribution in [0.1, 0.15) is 39.5 Å². The van der Waals surface area contributed by atoms with E-state index in [9.17, 15) is 0 Å². The van der Waals surface area contributed by atoms with Crippen LogP contribution < -0.4 is 5.32 Å². The van der Waals surface area contributed by atoms with Crippen molar-refractivity contribution in [2.45, 2.75) is 45.6 Å². The average Bonchev–Trinajstić information content (AvgIpc) is 2.14. The first-order valence-corrected chi connectivity index (χ1v) is 6.01. The van der Waals surface area contributed by atoms with Crippen molar-refractivity contribution in [3.63, 3.8) is 0 Å². The fourth-order valence-electron chi connectivity index (χ4n) is 2.55. The third-order valence-corrected chi connectivity index (χ3v) is 3.80. The molecule has 2 unspecified atom stereocenters. The summed E-state index contributed by atoms with van der Waals surface area (Å²) in [6.45, 7) is 7.73. The zero-order valence-electron chi connectivity index (χ0n) is 9.51. The average molecular weight is 197 g/mol. The Balaban J connectivity index is 1.73. The van der Waals surface area contributed by atoms with Gasteiger partial charge in [-0.2, -0.15) is 0 Å². The SMILES string of the molecule is CC1CCCCC1NCC1(C)COC1. The molecular weight excluding hydrogens is 174 g/mol. The molecule has 2 heteroatoms. The highest BCUT2D eigenvalue weighted by atomic mass is 16.5. The normalized spacial score (nSPS) is 36.4. The van der Waals surface area contributed by atoms with Crippen molar-refractivity contribution < 1.29 is 4.74 Å². The Morgan fingerprint density at radius 3 is 2.57 bits per heavy atom. The summed E-state index contributed by atoms with van der Waals surface area (Å²) in [7, 11) is 0. The first-order chi connectivity index (χ1) is 6.70. The van der Waals surface area contributed by atoms with Gasteiger partial charge in [-0.1, -0.05) is 26.7 Å². The van der Waals surface area contributed by atoms with E-state index in [1.165, 1.54) is 25.7 Å². The van der Waals surface area contributed by atoms with Crippen molar-refractivity contribution in [2.75, 3.05) is 19.8 Å². The molecule has 2 fully saturated rings. The predicted molar refractivity (Wildman–Crippen MR) is 58.3 cm³/mol. The molecular formula is C12H23NO. The van der Waals surface area contributed by atoms with Crippen molar-refractivity contribution in [3.05, 3.63) is 0 Å². The van der Waals surface area contributed by atoms with Crippen molar-refractivity contribution in [2.24, 2.45) is 11.3 Å². The van der Waals surface area contributed by atoms with E-state index in [4.69, 9.17) is 4.74 Å². The Morgan fingerprint density at radius 1 is 1.29 bits per heavy atom. The molecule has 2 nitrogen and oxygen atoms in total. The number of hydrogen-bond donors (Lipinski definition) is 1. The van der Waals surface area contributed by atoms with Gasteiger partial charge in [0, 0.05) is 18.0 Å². The number of ether oxygens (including phenoxy) is 1. The van der Waals surface area contributed by atoms with Crippen LogP contribution in [0, 0.1) is 11.3 Å². The summed E-state index contributed by atoms with van der Waals surface area (Å²) < 4.78 is 5.26. The monoisotopic (exact) mass is 197 g/mol. The molecule has 1 aliphatic carbocycles. The van der Waals surface area contributed by atoms with Gasteiger partial charge in [0.1, 0.15) is 0 Å². The second-order valence-corrected chi connectivity index (χ2v) is 5.55. The first kappa shape index (κ1) is 10.4. The number of nitrogens with one attached hydrogen (secondary N) is 1. The fourth-order valence-corrected chi connectivity index (χ4v) is 2.55. The molecule has 2 rings (SSSR count). The van der Waals surface area contributed by atoms with Gasteiger partial charge >= 0.3 is 0 Å². The molecule has 1 aliphatic heterocycles. The second kappa shape index (κ2) is 4.19. The minimum atomic E-state index is 0.428. The van der Waals surface area contributed by atoms with Crippen LogP contribution in [0.2, 0.25) is 0 Å². The molecule has 82 valence electrons. The lowest BCUT2D eigenvalue weighted by atomic mass is 9.83. The summed E-state index contributed by atoms with van der Waals surface area (Å²) in [5.74, 6) is 0.869. The summed E-state index contributed by atoms with van der Waals surface area (Å²) in [6.07, 6.45) is 5.62. The Bertz CT molecular complexity index is 189. The number of hydrogen-bond acceptors (Lipinski definition) is 2. The van der Waals surface area contributed by atoms with Crippen molar-refractivity contribution in [1.82, 2.24) is 5.32 Å². The minimum absolute atomic E-state index is 0.428. The van der Waals surface area contributed by atoms with Crippen molar-refractivity contribution in [3.8, 4) is 0 Å². The summed E-state index contributed by atoms with van der Waals surface area (Å²) in [5.41, 5.74) is 0.428. The van der Waals surface area contributed by atoms with Gasteiger partial charge < -0.3 is 10.1 Å². The standard InChI is InChI=1S/C12H23NO/c1-10-5-3-4-6-11(10)13-7-12(2)8-14-9-12/h10-11,13H,3-9H2,1-2H3. The van der Waals surface area contributed by atoms with E-state index in [2.05, 4.69) is 19.2 Å². The van der Waals surface area contributed by atoms with Crippen LogP contribution in [-0.4, -0.2) is 25.8 Å². The van der Waals surface area contributed by atoms with Crippen LogP contribution >= 0.6 is 0 Å². The molecule has 0 aromatic rings. The van der Waals surface area contributed by atoms with Crippen molar-refractivity contribution >= 4 is 0 Å². The van der Waals surface area contributed by atoms with Gasteiger partial charge in [0.05, 0.1) is 13.2 Å². The van der Waals surface area contributed by atoms with E-state index < -0.39 is 0 Å². The third-order valence-electron chi connectivity index (χ3n) is 3.80. The molecule has 1 saturated carbocycles. The summed E-state index contributed by atoms with van der Waals surface area (Å²) in [6, 6.07) is 0.765. The molecule has 2 aliphatic rings. The zero-order chi connectivity index (χ0) is 10.0. The molecule has 0 radical (unpaired) electrons. The first-order valence-electron chi connectivity index (χ1n) is 6.01. The van der Waals surface area contributed by atoms with E-state index in [-0.39, 0.29) is 0 Å². The molecule has 1 heterocycles. The summed E-state index contributed by atoms with van der Waals surface area (Å²) >= 11 is 0. The van der Waals surface area contributed by atoms with Crippen LogP contribution in [0.3, 0.4) is 0 Å². The van der Waals surface area contributed by atoms with Crippen LogP contribution in [0.15, 0.2) is 0 Å². The molecule has 0 bridgehead atoms. The van der Waals surface area contributed by atoms with Gasteiger partial charge in [0.2, 0.25) is 0 Å². The van der Waals surface area contributed by atoms with E-state index in [1.54, 1.807) is 0 Å². The van der Waals surface area contributed by atoms with Crippen molar-refractivity contribution in [1.29, 1.82) is 0 Å². The van der Waals surface area contributed by atoms with Crippen LogP contribution in [0.4, 0.5) is 0 Å². The van der Waals surface area contributed by atoms with Crippen LogP contribution in [0.5, 0.6) is 0 Å². The largest absolute Gasteiger partial charge is 0.380 e. The fraction of sp³-hybridized carbons (Fsp3) is 1.00. The second-order valence-electron chi connectivity index (χ2n) is 5.55. The van der Waals surface area contributed by atoms with Crippen LogP contribution in [0.25, 0.3) is 0 Å². The Kier molecular flexibility index (Phi) is 3.13. The maximum absolute atomic E-state index is 5.26. The van der Waals surface area contributed by atoms with E-state index >= 15 is 0 Å². The Morgan fingerprint density at radius 2 is 2.00 bits per heavy atom. The molecule has 0 amide bonds. The van der Waals surface area contributed by atoms with E-state index in [0.717, 1.165) is 31.7 Å². The van der Waals surface area contributed by atoms with Gasteiger partial charge in [0.15, 0.2) is 0 Å². The molecule has 0 aromatic carbocycles. The summed E-state index contributed by atoms with van der Waals surface area (Å²) in [4.78, 5) is 0. The lowest BCUT2D eigenvalue weighted by Gasteiger charge is -2.40. The Hall–Kier alpha value is -0.0800. The van der Waals surface area contributed by atoms with E-state index in [0.29, 0.717) is 5.41 Å². The van der Waals surface area contributed by atoms with E-state index in [1.807, 2.05) is 0 Å². The molecule has 0 spiro atoms. The molecule has 14 heavy (non-hydrogen) atoms. The molecule has 2 atom stereocenters. The van der Waals surface area contributed by atoms with Gasteiger partial charge in [0.25, 0.3) is 0 Å². The summed E-state index contributed by atoms with van der Waals surface area (Å²) in [5, 5.41) is 3.73. The quantitative estimate of drug-likeness (QED) is 0.749. The van der Waals surface area contributed by atoms with Gasteiger partial charge in [-0.25, -0.2) is 0 Å². The zero-order valence-corrected chi connectivity index (χ0v) is 9.51.